The number of hydrogen-bond donors (Lipinski definition) is 2. The predicted octanol–water partition coefficient (Wildman–Crippen LogP) is -0.615. The van der Waals surface area contributed by atoms with E-state index in [9.17, 15) is 14.4 Å². The fourth-order valence-corrected chi connectivity index (χ4v) is 1.86. The summed E-state index contributed by atoms with van der Waals surface area (Å²) in [5.41, 5.74) is 0.842. The lowest BCUT2D eigenvalue weighted by Crippen LogP contribution is -2.72. The molecule has 2 atom stereocenters. The molecule has 2 rings (SSSR count). The van der Waals surface area contributed by atoms with Crippen LogP contribution >= 0.6 is 0 Å². The van der Waals surface area contributed by atoms with Crippen LogP contribution in [-0.4, -0.2) is 37.0 Å². The van der Waals surface area contributed by atoms with Crippen LogP contribution < -0.4 is 10.6 Å². The molecule has 100 valence electrons. The Morgan fingerprint density at radius 2 is 2.00 bits per heavy atom. The van der Waals surface area contributed by atoms with Gasteiger partial charge in [0.15, 0.2) is 6.04 Å². The van der Waals surface area contributed by atoms with Crippen LogP contribution in [0.25, 0.3) is 0 Å². The fourth-order valence-electron chi connectivity index (χ4n) is 1.86. The molecule has 1 heterocycles. The molecule has 19 heavy (non-hydrogen) atoms. The van der Waals surface area contributed by atoms with Crippen LogP contribution in [0.3, 0.4) is 0 Å². The van der Waals surface area contributed by atoms with E-state index < -0.39 is 18.1 Å². The highest BCUT2D eigenvalue weighted by Gasteiger charge is 2.45. The molecule has 6 nitrogen and oxygen atoms in total. The molecule has 0 unspecified atom stereocenters. The highest BCUT2D eigenvalue weighted by Crippen LogP contribution is 2.09. The van der Waals surface area contributed by atoms with Crippen LogP contribution in [0, 0.1) is 0 Å². The Hall–Kier alpha value is -2.37. The van der Waals surface area contributed by atoms with E-state index in [1.54, 1.807) is 0 Å². The molecule has 0 aromatic heterocycles. The number of hydrogen-bond acceptors (Lipinski definition) is 4. The van der Waals surface area contributed by atoms with Gasteiger partial charge < -0.3 is 15.4 Å². The summed E-state index contributed by atoms with van der Waals surface area (Å²) in [4.78, 5) is 34.4. The third-order valence-electron chi connectivity index (χ3n) is 2.89. The lowest BCUT2D eigenvalue weighted by Gasteiger charge is -2.34. The second-order valence-electron chi connectivity index (χ2n) is 4.22. The molecule has 1 aliphatic rings. The number of carbonyl (C=O) groups excluding carboxylic acids is 3. The third kappa shape index (κ3) is 2.90. The van der Waals surface area contributed by atoms with Gasteiger partial charge in [0.2, 0.25) is 11.8 Å². The van der Waals surface area contributed by atoms with E-state index in [0.29, 0.717) is 0 Å². The predicted molar refractivity (Wildman–Crippen MR) is 66.0 cm³/mol. The smallest absolute Gasteiger partial charge is 0.331 e. The molecule has 0 radical (unpaired) electrons. The molecule has 0 bridgehead atoms. The highest BCUT2D eigenvalue weighted by atomic mass is 16.5. The van der Waals surface area contributed by atoms with Gasteiger partial charge in [-0.3, -0.25) is 9.59 Å². The van der Waals surface area contributed by atoms with Crippen molar-refractivity contribution in [2.45, 2.75) is 18.5 Å². The van der Waals surface area contributed by atoms with Gasteiger partial charge in [-0.05, 0) is 5.56 Å². The Morgan fingerprint density at radius 1 is 1.32 bits per heavy atom. The van der Waals surface area contributed by atoms with E-state index in [0.717, 1.165) is 5.56 Å². The number of rotatable bonds is 4. The van der Waals surface area contributed by atoms with E-state index >= 15 is 0 Å². The number of benzene rings is 1. The maximum atomic E-state index is 11.8. The van der Waals surface area contributed by atoms with Gasteiger partial charge in [0.1, 0.15) is 6.04 Å². The number of amides is 2. The van der Waals surface area contributed by atoms with Crippen LogP contribution in [0.15, 0.2) is 30.3 Å². The molecule has 6 heteroatoms. The van der Waals surface area contributed by atoms with Gasteiger partial charge in [-0.25, -0.2) is 4.79 Å². The van der Waals surface area contributed by atoms with Gasteiger partial charge in [0.25, 0.3) is 0 Å². The number of esters is 1. The van der Waals surface area contributed by atoms with Crippen molar-refractivity contribution in [2.24, 2.45) is 0 Å². The Bertz CT molecular complexity index is 501. The Morgan fingerprint density at radius 3 is 2.58 bits per heavy atom. The zero-order valence-corrected chi connectivity index (χ0v) is 10.4. The zero-order chi connectivity index (χ0) is 13.8. The standard InChI is InChI=1S/C13H14N2O4/c1-19-13(18)11-10(12(17)15-11)14-9(16)7-8-5-3-2-4-6-8/h2-6,10-11H,7H2,1H3,(H,14,16)(H,15,17)/t10-,11-/m1/s1. The quantitative estimate of drug-likeness (QED) is 0.560. The molecule has 2 N–H and O–H groups in total. The second-order valence-corrected chi connectivity index (χ2v) is 4.22. The van der Waals surface area contributed by atoms with Gasteiger partial charge in [0, 0.05) is 0 Å². The minimum atomic E-state index is -0.844. The van der Waals surface area contributed by atoms with Crippen molar-refractivity contribution in [2.75, 3.05) is 7.11 Å². The van der Waals surface area contributed by atoms with Crippen molar-refractivity contribution < 1.29 is 19.1 Å². The van der Waals surface area contributed by atoms with Crippen molar-refractivity contribution in [1.29, 1.82) is 0 Å². The Balaban J connectivity index is 1.91. The van der Waals surface area contributed by atoms with E-state index in [1.165, 1.54) is 7.11 Å². The first-order valence-corrected chi connectivity index (χ1v) is 5.83. The van der Waals surface area contributed by atoms with Crippen molar-refractivity contribution >= 4 is 17.8 Å². The number of β-lactam (4-membered cyclic amide) rings is 1. The summed E-state index contributed by atoms with van der Waals surface area (Å²) in [7, 11) is 1.23. The largest absolute Gasteiger partial charge is 0.467 e. The van der Waals surface area contributed by atoms with Crippen molar-refractivity contribution in [1.82, 2.24) is 10.6 Å². The maximum Gasteiger partial charge on any atom is 0.331 e. The van der Waals surface area contributed by atoms with E-state index in [1.807, 2.05) is 30.3 Å². The number of methoxy groups -OCH3 is 1. The lowest BCUT2D eigenvalue weighted by molar-refractivity contribution is -0.153. The molecule has 0 aliphatic carbocycles. The number of carbonyl (C=O) groups is 3. The van der Waals surface area contributed by atoms with E-state index in [-0.39, 0.29) is 18.2 Å². The molecule has 0 saturated carbocycles. The van der Waals surface area contributed by atoms with E-state index in [4.69, 9.17) is 0 Å². The summed E-state index contributed by atoms with van der Waals surface area (Å²) in [6.45, 7) is 0. The Kier molecular flexibility index (Phi) is 3.79. The maximum absolute atomic E-state index is 11.8. The average Bonchev–Trinajstić information content (AvgIpc) is 2.42. The molecule has 1 saturated heterocycles. The zero-order valence-electron chi connectivity index (χ0n) is 10.4. The minimum absolute atomic E-state index is 0.165. The SMILES string of the molecule is COC(=O)[C@@H]1NC(=O)[C@@H]1NC(=O)Cc1ccccc1. The second kappa shape index (κ2) is 5.51. The Labute approximate surface area is 110 Å². The van der Waals surface area contributed by atoms with Gasteiger partial charge in [-0.2, -0.15) is 0 Å². The first-order chi connectivity index (χ1) is 9.11. The molecular formula is C13H14N2O4. The molecule has 1 aliphatic heterocycles. The van der Waals surface area contributed by atoms with Crippen LogP contribution in [0.4, 0.5) is 0 Å². The number of ether oxygens (including phenoxy) is 1. The van der Waals surface area contributed by atoms with Gasteiger partial charge in [-0.15, -0.1) is 0 Å². The summed E-state index contributed by atoms with van der Waals surface area (Å²) in [5.74, 6) is -1.25. The van der Waals surface area contributed by atoms with Crippen LogP contribution in [0.2, 0.25) is 0 Å². The topological polar surface area (TPSA) is 84.5 Å². The third-order valence-corrected chi connectivity index (χ3v) is 2.89. The van der Waals surface area contributed by atoms with Gasteiger partial charge >= 0.3 is 5.97 Å². The lowest BCUT2D eigenvalue weighted by atomic mass is 9.98. The molecule has 1 fully saturated rings. The normalized spacial score (nSPS) is 21.0. The van der Waals surface area contributed by atoms with Crippen molar-refractivity contribution in [3.63, 3.8) is 0 Å². The summed E-state index contributed by atoms with van der Waals surface area (Å²) in [5, 5.41) is 4.91. The first-order valence-electron chi connectivity index (χ1n) is 5.83. The van der Waals surface area contributed by atoms with Crippen LogP contribution in [0.5, 0.6) is 0 Å². The van der Waals surface area contributed by atoms with E-state index in [2.05, 4.69) is 15.4 Å². The van der Waals surface area contributed by atoms with Crippen LogP contribution in [0.1, 0.15) is 5.56 Å². The summed E-state index contributed by atoms with van der Waals surface area (Å²) < 4.78 is 4.53. The van der Waals surface area contributed by atoms with Gasteiger partial charge in [-0.1, -0.05) is 30.3 Å². The minimum Gasteiger partial charge on any atom is -0.467 e. The summed E-state index contributed by atoms with van der Waals surface area (Å²) in [6.07, 6.45) is 0.165. The number of nitrogens with one attached hydrogen (secondary N) is 2. The highest BCUT2D eigenvalue weighted by molar-refractivity contribution is 6.02. The molecular weight excluding hydrogens is 248 g/mol. The van der Waals surface area contributed by atoms with Crippen molar-refractivity contribution in [3.8, 4) is 0 Å². The molecule has 0 spiro atoms. The van der Waals surface area contributed by atoms with Crippen LogP contribution in [-0.2, 0) is 25.5 Å². The monoisotopic (exact) mass is 262 g/mol. The molecule has 1 aromatic carbocycles. The van der Waals surface area contributed by atoms with Crippen molar-refractivity contribution in [3.05, 3.63) is 35.9 Å². The molecule has 1 aromatic rings. The average molecular weight is 262 g/mol. The fraction of sp³-hybridized carbons (Fsp3) is 0.308. The summed E-state index contributed by atoms with van der Waals surface area (Å²) >= 11 is 0. The molecule has 2 amide bonds. The first kappa shape index (κ1) is 13.1. The van der Waals surface area contributed by atoms with Gasteiger partial charge in [0.05, 0.1) is 13.5 Å². The summed E-state index contributed by atoms with van der Waals surface area (Å²) in [6, 6.07) is 7.51.